The first-order valence-corrected chi connectivity index (χ1v) is 7.79. The van der Waals surface area contributed by atoms with Crippen LogP contribution in [0, 0.1) is 12.8 Å². The van der Waals surface area contributed by atoms with Crippen molar-refractivity contribution in [2.45, 2.75) is 25.8 Å². The van der Waals surface area contributed by atoms with E-state index in [2.05, 4.69) is 40.6 Å². The van der Waals surface area contributed by atoms with Gasteiger partial charge in [-0.25, -0.2) is 0 Å². The molecule has 2 aliphatic rings. The third-order valence-corrected chi connectivity index (χ3v) is 4.95. The molecular weight excluding hydrogens is 274 g/mol. The normalized spacial score (nSPS) is 23.0. The molecule has 4 nitrogen and oxygen atoms in total. The molecule has 4 heteroatoms. The monoisotopic (exact) mass is 291 g/mol. The lowest BCUT2D eigenvalue weighted by atomic mass is 9.81. The van der Waals surface area contributed by atoms with E-state index in [9.17, 15) is 0 Å². The second-order valence-electron chi connectivity index (χ2n) is 6.29. The van der Waals surface area contributed by atoms with Crippen molar-refractivity contribution in [3.63, 3.8) is 0 Å². The number of rotatable bonds is 1. The molecule has 0 bridgehead atoms. The molecule has 110 valence electrons. The lowest BCUT2D eigenvalue weighted by Gasteiger charge is -2.23. The maximum absolute atomic E-state index is 5.58. The van der Waals surface area contributed by atoms with Gasteiger partial charge in [0, 0.05) is 16.8 Å². The van der Waals surface area contributed by atoms with Gasteiger partial charge >= 0.3 is 0 Å². The summed E-state index contributed by atoms with van der Waals surface area (Å²) in [5.74, 6) is 1.35. The largest absolute Gasteiger partial charge is 0.467 e. The van der Waals surface area contributed by atoms with E-state index in [1.54, 1.807) is 6.26 Å². The van der Waals surface area contributed by atoms with Gasteiger partial charge in [-0.15, -0.1) is 0 Å². The van der Waals surface area contributed by atoms with E-state index in [0.29, 0.717) is 5.92 Å². The van der Waals surface area contributed by atoms with Crippen LogP contribution in [0.25, 0.3) is 10.9 Å². The highest BCUT2D eigenvalue weighted by atomic mass is 16.3. The highest BCUT2D eigenvalue weighted by Gasteiger charge is 2.39. The second-order valence-corrected chi connectivity index (χ2v) is 6.29. The minimum Gasteiger partial charge on any atom is -0.467 e. The number of hydrazone groups is 1. The summed E-state index contributed by atoms with van der Waals surface area (Å²) in [6.07, 6.45) is 3.92. The Balaban J connectivity index is 1.62. The van der Waals surface area contributed by atoms with E-state index in [1.807, 2.05) is 12.1 Å². The first-order valence-electron chi connectivity index (χ1n) is 7.79. The van der Waals surface area contributed by atoms with Crippen LogP contribution in [0.3, 0.4) is 0 Å². The molecule has 1 aliphatic heterocycles. The van der Waals surface area contributed by atoms with Crippen molar-refractivity contribution in [2.75, 3.05) is 0 Å². The van der Waals surface area contributed by atoms with Crippen LogP contribution in [0.15, 0.2) is 46.1 Å². The molecule has 3 heterocycles. The quantitative estimate of drug-likeness (QED) is 0.718. The number of nitrogens with one attached hydrogen (secondary N) is 2. The van der Waals surface area contributed by atoms with Gasteiger partial charge in [-0.05, 0) is 49.6 Å². The van der Waals surface area contributed by atoms with Crippen LogP contribution >= 0.6 is 0 Å². The zero-order valence-corrected chi connectivity index (χ0v) is 12.4. The summed E-state index contributed by atoms with van der Waals surface area (Å²) in [6.45, 7) is 2.14. The summed E-state index contributed by atoms with van der Waals surface area (Å²) in [7, 11) is 0. The third-order valence-electron chi connectivity index (χ3n) is 4.95. The average molecular weight is 291 g/mol. The molecule has 1 aliphatic carbocycles. The van der Waals surface area contributed by atoms with E-state index in [1.165, 1.54) is 27.7 Å². The molecule has 0 fully saturated rings. The lowest BCUT2D eigenvalue weighted by molar-refractivity contribution is 0.377. The van der Waals surface area contributed by atoms with E-state index < -0.39 is 0 Å². The van der Waals surface area contributed by atoms with Gasteiger partial charge in [-0.3, -0.25) is 5.43 Å². The van der Waals surface area contributed by atoms with E-state index in [-0.39, 0.29) is 6.04 Å². The average Bonchev–Trinajstić information content (AvgIpc) is 3.23. The van der Waals surface area contributed by atoms with Crippen molar-refractivity contribution in [3.8, 4) is 0 Å². The molecule has 0 radical (unpaired) electrons. The fourth-order valence-electron chi connectivity index (χ4n) is 3.88. The van der Waals surface area contributed by atoms with Gasteiger partial charge in [0.1, 0.15) is 11.8 Å². The van der Waals surface area contributed by atoms with Gasteiger partial charge in [0.05, 0.1) is 17.7 Å². The smallest absolute Gasteiger partial charge is 0.128 e. The fourth-order valence-corrected chi connectivity index (χ4v) is 3.88. The van der Waals surface area contributed by atoms with Crippen molar-refractivity contribution in [2.24, 2.45) is 11.0 Å². The number of benzene rings is 1. The van der Waals surface area contributed by atoms with Gasteiger partial charge < -0.3 is 9.40 Å². The number of fused-ring (bicyclic) bond motifs is 5. The molecule has 5 rings (SSSR count). The highest BCUT2D eigenvalue weighted by molar-refractivity contribution is 6.08. The SMILES string of the molecule is Cc1ccc2[nH]c3c(c2c1)CC[C@@H]1C3=NN[C@@H]1c1ccco1. The van der Waals surface area contributed by atoms with Gasteiger partial charge in [-0.1, -0.05) is 11.6 Å². The number of hydrogen-bond donors (Lipinski definition) is 2. The summed E-state index contributed by atoms with van der Waals surface area (Å²) in [6, 6.07) is 10.7. The molecule has 0 spiro atoms. The van der Waals surface area contributed by atoms with Gasteiger partial charge in [-0.2, -0.15) is 5.10 Å². The number of aromatic amines is 1. The summed E-state index contributed by atoms with van der Waals surface area (Å²) in [4.78, 5) is 3.58. The maximum Gasteiger partial charge on any atom is 0.128 e. The Kier molecular flexibility index (Phi) is 2.34. The molecule has 22 heavy (non-hydrogen) atoms. The maximum atomic E-state index is 5.58. The molecule has 2 aromatic heterocycles. The number of hydrogen-bond acceptors (Lipinski definition) is 3. The van der Waals surface area contributed by atoms with E-state index in [4.69, 9.17) is 4.42 Å². The first kappa shape index (κ1) is 12.1. The molecule has 0 amide bonds. The number of furan rings is 1. The fraction of sp³-hybridized carbons (Fsp3) is 0.278. The third kappa shape index (κ3) is 1.55. The lowest BCUT2D eigenvalue weighted by Crippen LogP contribution is -2.26. The summed E-state index contributed by atoms with van der Waals surface area (Å²) >= 11 is 0. The Bertz CT molecular complexity index is 889. The molecule has 0 saturated carbocycles. The number of H-pyrrole nitrogens is 1. The number of nitrogens with zero attached hydrogens (tertiary/aromatic N) is 1. The van der Waals surface area contributed by atoms with Crippen LogP contribution < -0.4 is 5.43 Å². The van der Waals surface area contributed by atoms with Crippen LogP contribution in [0.2, 0.25) is 0 Å². The van der Waals surface area contributed by atoms with Crippen LogP contribution in [-0.2, 0) is 6.42 Å². The van der Waals surface area contributed by atoms with Crippen molar-refractivity contribution >= 4 is 16.6 Å². The topological polar surface area (TPSA) is 53.3 Å². The van der Waals surface area contributed by atoms with Crippen LogP contribution in [0.5, 0.6) is 0 Å². The molecule has 2 N–H and O–H groups in total. The Hall–Kier alpha value is -2.49. The second kappa shape index (κ2) is 4.26. The Morgan fingerprint density at radius 1 is 1.27 bits per heavy atom. The summed E-state index contributed by atoms with van der Waals surface area (Å²) in [5, 5.41) is 5.97. The predicted molar refractivity (Wildman–Crippen MR) is 86.0 cm³/mol. The van der Waals surface area contributed by atoms with Gasteiger partial charge in [0.25, 0.3) is 0 Å². The molecule has 2 atom stereocenters. The van der Waals surface area contributed by atoms with E-state index >= 15 is 0 Å². The van der Waals surface area contributed by atoms with Gasteiger partial charge in [0.15, 0.2) is 0 Å². The van der Waals surface area contributed by atoms with Crippen molar-refractivity contribution in [1.29, 1.82) is 0 Å². The number of aryl methyl sites for hydroxylation is 2. The Morgan fingerprint density at radius 3 is 3.09 bits per heavy atom. The summed E-state index contributed by atoms with van der Waals surface area (Å²) in [5.41, 5.74) is 9.55. The standard InChI is InChI=1S/C18H17N3O/c1-10-4-7-14-13(9-10)11-5-6-12-16(15-3-2-8-22-15)20-21-18(12)17(11)19-14/h2-4,7-9,12,16,19-20H,5-6H2,1H3/t12-,16-/m0/s1. The Labute approximate surface area is 128 Å². The molecule has 1 aromatic carbocycles. The van der Waals surface area contributed by atoms with Crippen LogP contribution in [0.4, 0.5) is 0 Å². The Morgan fingerprint density at radius 2 is 2.23 bits per heavy atom. The molecule has 0 unspecified atom stereocenters. The zero-order valence-electron chi connectivity index (χ0n) is 12.4. The molecule has 0 saturated heterocycles. The van der Waals surface area contributed by atoms with Gasteiger partial charge in [0.2, 0.25) is 0 Å². The highest BCUT2D eigenvalue weighted by Crippen LogP contribution is 2.40. The van der Waals surface area contributed by atoms with E-state index in [0.717, 1.165) is 24.3 Å². The molecule has 3 aromatic rings. The summed E-state index contributed by atoms with van der Waals surface area (Å²) < 4.78 is 5.58. The van der Waals surface area contributed by atoms with Crippen molar-refractivity contribution in [1.82, 2.24) is 10.4 Å². The van der Waals surface area contributed by atoms with Crippen molar-refractivity contribution < 1.29 is 4.42 Å². The minimum atomic E-state index is 0.159. The van der Waals surface area contributed by atoms with Crippen molar-refractivity contribution in [3.05, 3.63) is 59.2 Å². The zero-order chi connectivity index (χ0) is 14.7. The van der Waals surface area contributed by atoms with Crippen LogP contribution in [0.1, 0.15) is 35.0 Å². The predicted octanol–water partition coefficient (Wildman–Crippen LogP) is 3.68. The minimum absolute atomic E-state index is 0.159. The molecular formula is C18H17N3O. The van der Waals surface area contributed by atoms with Crippen LogP contribution in [-0.4, -0.2) is 10.7 Å². The first-order chi connectivity index (χ1) is 10.8. The number of aromatic nitrogens is 1.